The monoisotopic (exact) mass is 230 g/mol. The Labute approximate surface area is 82.0 Å². The van der Waals surface area contributed by atoms with Crippen molar-refractivity contribution in [1.29, 1.82) is 0 Å². The predicted molar refractivity (Wildman–Crippen MR) is 40.3 cm³/mol. The molecular weight excluding hydrogens is 222 g/mol. The molecule has 0 bridgehead atoms. The van der Waals surface area contributed by atoms with Crippen LogP contribution in [-0.2, 0) is 0 Å². The molecule has 6 heteroatoms. The number of hydrogen-bond donors (Lipinski definition) is 0. The van der Waals surface area contributed by atoms with Crippen molar-refractivity contribution in [3.8, 4) is 0 Å². The van der Waals surface area contributed by atoms with Crippen LogP contribution in [0.5, 0.6) is 0 Å². The molecule has 0 spiro atoms. The van der Waals surface area contributed by atoms with Crippen LogP contribution >= 0.6 is 0 Å². The van der Waals surface area contributed by atoms with Crippen molar-refractivity contribution in [2.75, 3.05) is 0 Å². The van der Waals surface area contributed by atoms with Gasteiger partial charge in [-0.2, -0.15) is 26.3 Å². The first-order chi connectivity index (χ1) is 6.73. The van der Waals surface area contributed by atoms with Gasteiger partial charge in [0.05, 0.1) is 0 Å². The van der Waals surface area contributed by atoms with Gasteiger partial charge in [0.1, 0.15) is 0 Å². The molecule has 15 heavy (non-hydrogen) atoms. The number of alkyl halides is 6. The summed E-state index contributed by atoms with van der Waals surface area (Å²) in [5.41, 5.74) is -2.08. The molecule has 0 aromatic heterocycles. The SMILES string of the molecule is FC1(F)C2=C(CCCC2)C(F)(F)C1(F)F. The minimum atomic E-state index is -5.27. The summed E-state index contributed by atoms with van der Waals surface area (Å²) in [4.78, 5) is 0. The zero-order valence-corrected chi connectivity index (χ0v) is 7.60. The van der Waals surface area contributed by atoms with Gasteiger partial charge in [-0.25, -0.2) is 0 Å². The Kier molecular flexibility index (Phi) is 1.95. The smallest absolute Gasteiger partial charge is 0.194 e. The molecule has 0 saturated heterocycles. The van der Waals surface area contributed by atoms with Crippen molar-refractivity contribution in [2.45, 2.75) is 43.5 Å². The van der Waals surface area contributed by atoms with E-state index in [0.29, 0.717) is 0 Å². The van der Waals surface area contributed by atoms with Gasteiger partial charge in [0.15, 0.2) is 0 Å². The van der Waals surface area contributed by atoms with E-state index < -0.39 is 28.9 Å². The van der Waals surface area contributed by atoms with Gasteiger partial charge >= 0.3 is 17.8 Å². The molecule has 0 fully saturated rings. The van der Waals surface area contributed by atoms with E-state index in [1.54, 1.807) is 0 Å². The molecule has 0 saturated carbocycles. The summed E-state index contributed by atoms with van der Waals surface area (Å²) in [6, 6.07) is 0. The summed E-state index contributed by atoms with van der Waals surface area (Å²) >= 11 is 0. The van der Waals surface area contributed by atoms with E-state index >= 15 is 0 Å². The van der Waals surface area contributed by atoms with Crippen LogP contribution in [-0.4, -0.2) is 17.8 Å². The summed E-state index contributed by atoms with van der Waals surface area (Å²) in [7, 11) is 0. The van der Waals surface area contributed by atoms with Gasteiger partial charge in [-0.15, -0.1) is 0 Å². The summed E-state index contributed by atoms with van der Waals surface area (Å²) in [5, 5.41) is 0. The summed E-state index contributed by atoms with van der Waals surface area (Å²) in [6.07, 6.45) is -0.178. The zero-order chi connectivity index (χ0) is 11.5. The maximum Gasteiger partial charge on any atom is 0.379 e. The predicted octanol–water partition coefficient (Wildman–Crippen LogP) is 3.78. The molecule has 2 aliphatic carbocycles. The van der Waals surface area contributed by atoms with Crippen molar-refractivity contribution in [1.82, 2.24) is 0 Å². The maximum absolute atomic E-state index is 13.1. The Balaban J connectivity index is 2.58. The van der Waals surface area contributed by atoms with E-state index in [1.165, 1.54) is 0 Å². The Hall–Kier alpha value is -0.680. The highest BCUT2D eigenvalue weighted by Gasteiger charge is 2.79. The van der Waals surface area contributed by atoms with E-state index in [0.717, 1.165) is 0 Å². The second-order valence-corrected chi connectivity index (χ2v) is 3.89. The first kappa shape index (κ1) is 10.8. The molecular formula is C9H8F6. The molecule has 0 amide bonds. The van der Waals surface area contributed by atoms with E-state index in [4.69, 9.17) is 0 Å². The van der Waals surface area contributed by atoms with Gasteiger partial charge in [0.2, 0.25) is 0 Å². The number of halogens is 6. The van der Waals surface area contributed by atoms with Gasteiger partial charge in [-0.05, 0) is 25.7 Å². The molecule has 2 aliphatic rings. The first-order valence-corrected chi connectivity index (χ1v) is 4.59. The minimum Gasteiger partial charge on any atom is -0.194 e. The number of rotatable bonds is 0. The van der Waals surface area contributed by atoms with Crippen LogP contribution in [0.1, 0.15) is 25.7 Å². The van der Waals surface area contributed by atoms with E-state index in [2.05, 4.69) is 0 Å². The highest BCUT2D eigenvalue weighted by molar-refractivity contribution is 5.41. The molecule has 0 nitrogen and oxygen atoms in total. The van der Waals surface area contributed by atoms with Gasteiger partial charge in [-0.1, -0.05) is 0 Å². The van der Waals surface area contributed by atoms with Crippen LogP contribution in [0.2, 0.25) is 0 Å². The van der Waals surface area contributed by atoms with Crippen LogP contribution < -0.4 is 0 Å². The van der Waals surface area contributed by atoms with E-state index in [1.807, 2.05) is 0 Å². The maximum atomic E-state index is 13.1. The molecule has 2 rings (SSSR count). The van der Waals surface area contributed by atoms with Crippen molar-refractivity contribution in [3.05, 3.63) is 11.1 Å². The Morgan fingerprint density at radius 3 is 1.33 bits per heavy atom. The molecule has 0 radical (unpaired) electrons. The third-order valence-electron chi connectivity index (χ3n) is 3.01. The molecule has 0 aromatic carbocycles. The Bertz CT molecular complexity index is 297. The van der Waals surface area contributed by atoms with Gasteiger partial charge in [0.25, 0.3) is 0 Å². The van der Waals surface area contributed by atoms with E-state index in [9.17, 15) is 26.3 Å². The van der Waals surface area contributed by atoms with Crippen LogP contribution in [0.25, 0.3) is 0 Å². The number of allylic oxidation sites excluding steroid dienone is 2. The fourth-order valence-electron chi connectivity index (χ4n) is 2.17. The molecule has 0 N–H and O–H groups in total. The second kappa shape index (κ2) is 2.71. The number of hydrogen-bond acceptors (Lipinski definition) is 0. The lowest BCUT2D eigenvalue weighted by atomic mass is 9.92. The summed E-state index contributed by atoms with van der Waals surface area (Å²) in [6.45, 7) is 0. The van der Waals surface area contributed by atoms with Crippen LogP contribution in [0.3, 0.4) is 0 Å². The minimum absolute atomic E-state index is 0.264. The van der Waals surface area contributed by atoms with E-state index in [-0.39, 0.29) is 25.7 Å². The average Bonchev–Trinajstić information content (AvgIpc) is 2.26. The van der Waals surface area contributed by atoms with Crippen LogP contribution in [0, 0.1) is 0 Å². The third kappa shape index (κ3) is 1.05. The molecule has 0 heterocycles. The van der Waals surface area contributed by atoms with Crippen molar-refractivity contribution in [3.63, 3.8) is 0 Å². The lowest BCUT2D eigenvalue weighted by Crippen LogP contribution is -2.49. The molecule has 0 atom stereocenters. The zero-order valence-electron chi connectivity index (χ0n) is 7.60. The van der Waals surface area contributed by atoms with Gasteiger partial charge in [-0.3, -0.25) is 0 Å². The highest BCUT2D eigenvalue weighted by atomic mass is 19.3. The van der Waals surface area contributed by atoms with Crippen molar-refractivity contribution < 1.29 is 26.3 Å². The fraction of sp³-hybridized carbons (Fsp3) is 0.778. The molecule has 86 valence electrons. The van der Waals surface area contributed by atoms with Crippen molar-refractivity contribution >= 4 is 0 Å². The van der Waals surface area contributed by atoms with Crippen LogP contribution in [0.4, 0.5) is 26.3 Å². The van der Waals surface area contributed by atoms with Gasteiger partial charge in [0, 0.05) is 11.1 Å². The largest absolute Gasteiger partial charge is 0.379 e. The highest BCUT2D eigenvalue weighted by Crippen LogP contribution is 2.62. The molecule has 0 aromatic rings. The normalized spacial score (nSPS) is 31.6. The third-order valence-corrected chi connectivity index (χ3v) is 3.01. The Morgan fingerprint density at radius 1 is 0.667 bits per heavy atom. The average molecular weight is 230 g/mol. The summed E-state index contributed by atoms with van der Waals surface area (Å²) < 4.78 is 78.0. The molecule has 0 aliphatic heterocycles. The quantitative estimate of drug-likeness (QED) is 0.439. The van der Waals surface area contributed by atoms with Crippen LogP contribution in [0.15, 0.2) is 11.1 Å². The Morgan fingerprint density at radius 2 is 1.00 bits per heavy atom. The van der Waals surface area contributed by atoms with Gasteiger partial charge < -0.3 is 0 Å². The molecule has 0 unspecified atom stereocenters. The first-order valence-electron chi connectivity index (χ1n) is 4.59. The second-order valence-electron chi connectivity index (χ2n) is 3.89. The van der Waals surface area contributed by atoms with Crippen molar-refractivity contribution in [2.24, 2.45) is 0 Å². The lowest BCUT2D eigenvalue weighted by Gasteiger charge is -2.25. The fourth-order valence-corrected chi connectivity index (χ4v) is 2.17. The summed E-state index contributed by atoms with van der Waals surface area (Å²) in [5.74, 6) is -14.6. The topological polar surface area (TPSA) is 0 Å². The lowest BCUT2D eigenvalue weighted by molar-refractivity contribution is -0.265. The standard InChI is InChI=1S/C9H8F6/c10-7(11)5-3-1-2-4-6(5)8(12,13)9(7,14)15/h1-4H2.